The molecule has 1 aliphatic rings. The molecule has 0 spiro atoms. The molecule has 10 heteroatoms. The van der Waals surface area contributed by atoms with Gasteiger partial charge in [-0.1, -0.05) is 6.07 Å². The third kappa shape index (κ3) is 4.84. The second kappa shape index (κ2) is 9.90. The molecular formula is C18H21ClF2N4O2S. The lowest BCUT2D eigenvalue weighted by atomic mass is 9.97. The summed E-state index contributed by atoms with van der Waals surface area (Å²) in [7, 11) is 0. The number of carbonyl (C=O) groups excluding carboxylic acids is 2. The summed E-state index contributed by atoms with van der Waals surface area (Å²) in [6.45, 7) is 1.55. The second-order valence-electron chi connectivity index (χ2n) is 6.30. The molecule has 1 unspecified atom stereocenters. The van der Waals surface area contributed by atoms with Gasteiger partial charge in [0.2, 0.25) is 5.91 Å². The summed E-state index contributed by atoms with van der Waals surface area (Å²) < 4.78 is 27.8. The normalized spacial score (nSPS) is 16.4. The van der Waals surface area contributed by atoms with Gasteiger partial charge in [0.05, 0.1) is 11.5 Å². The van der Waals surface area contributed by atoms with Gasteiger partial charge in [-0.15, -0.1) is 23.7 Å². The number of carbonyl (C=O) groups is 2. The van der Waals surface area contributed by atoms with Crippen LogP contribution < -0.4 is 11.1 Å². The minimum atomic E-state index is -0.724. The Morgan fingerprint density at radius 2 is 2.04 bits per heavy atom. The quantitative estimate of drug-likeness (QED) is 0.762. The van der Waals surface area contributed by atoms with Crippen LogP contribution in [0.2, 0.25) is 0 Å². The summed E-state index contributed by atoms with van der Waals surface area (Å²) in [6, 6.07) is 3.57. The molecule has 1 atom stereocenters. The van der Waals surface area contributed by atoms with Crippen LogP contribution >= 0.6 is 23.7 Å². The van der Waals surface area contributed by atoms with E-state index in [9.17, 15) is 18.4 Å². The van der Waals surface area contributed by atoms with E-state index < -0.39 is 11.6 Å². The van der Waals surface area contributed by atoms with Crippen molar-refractivity contribution in [1.82, 2.24) is 15.2 Å². The highest BCUT2D eigenvalue weighted by molar-refractivity contribution is 7.13. The van der Waals surface area contributed by atoms with Crippen LogP contribution in [-0.2, 0) is 4.79 Å². The molecule has 2 heterocycles. The third-order valence-electron chi connectivity index (χ3n) is 4.42. The van der Waals surface area contributed by atoms with Crippen LogP contribution in [-0.4, -0.2) is 47.9 Å². The van der Waals surface area contributed by atoms with Gasteiger partial charge >= 0.3 is 0 Å². The summed E-state index contributed by atoms with van der Waals surface area (Å²) in [5, 5.41) is 4.34. The highest BCUT2D eigenvalue weighted by Gasteiger charge is 2.30. The number of halogens is 3. The fourth-order valence-electron chi connectivity index (χ4n) is 3.07. The standard InChI is InChI=1S/C18H20F2N4O2S.ClH/c19-12-4-1-5-13(20)15(12)17-23-14(10-27-17)18(26)24-8-2-3-11(9-24)16(25)22-7-6-21;/h1,4-5,10-11H,2-3,6-9,21H2,(H,22,25);1H. The molecule has 1 saturated heterocycles. The van der Waals surface area contributed by atoms with Crippen LogP contribution in [0.15, 0.2) is 23.6 Å². The third-order valence-corrected chi connectivity index (χ3v) is 5.28. The van der Waals surface area contributed by atoms with Crippen molar-refractivity contribution in [3.8, 4) is 10.6 Å². The van der Waals surface area contributed by atoms with Gasteiger partial charge < -0.3 is 16.0 Å². The molecule has 0 radical (unpaired) electrons. The first kappa shape index (κ1) is 22.2. The molecule has 3 rings (SSSR count). The van der Waals surface area contributed by atoms with E-state index in [1.807, 2.05) is 0 Å². The molecule has 2 aromatic rings. The molecule has 3 N–H and O–H groups in total. The summed E-state index contributed by atoms with van der Waals surface area (Å²) in [5.74, 6) is -2.21. The first-order chi connectivity index (χ1) is 13.0. The van der Waals surface area contributed by atoms with E-state index in [1.54, 1.807) is 4.90 Å². The van der Waals surface area contributed by atoms with Crippen LogP contribution in [0.3, 0.4) is 0 Å². The van der Waals surface area contributed by atoms with Crippen LogP contribution in [0, 0.1) is 17.6 Å². The average Bonchev–Trinajstić information content (AvgIpc) is 3.15. The Labute approximate surface area is 171 Å². The Kier molecular flexibility index (Phi) is 7.85. The SMILES string of the molecule is Cl.NCCNC(=O)C1CCCN(C(=O)c2csc(-c3c(F)cccc3F)n2)C1. The van der Waals surface area contributed by atoms with Crippen molar-refractivity contribution in [3.05, 3.63) is 40.9 Å². The van der Waals surface area contributed by atoms with E-state index in [-0.39, 0.29) is 52.9 Å². The van der Waals surface area contributed by atoms with Gasteiger partial charge in [-0.3, -0.25) is 9.59 Å². The molecule has 152 valence electrons. The van der Waals surface area contributed by atoms with E-state index in [1.165, 1.54) is 11.4 Å². The zero-order valence-electron chi connectivity index (χ0n) is 15.0. The second-order valence-corrected chi connectivity index (χ2v) is 7.16. The molecule has 0 saturated carbocycles. The van der Waals surface area contributed by atoms with E-state index in [0.29, 0.717) is 32.5 Å². The van der Waals surface area contributed by atoms with E-state index in [0.717, 1.165) is 23.5 Å². The minimum absolute atomic E-state index is 0. The van der Waals surface area contributed by atoms with Gasteiger partial charge in [0.25, 0.3) is 5.91 Å². The van der Waals surface area contributed by atoms with Crippen LogP contribution in [0.5, 0.6) is 0 Å². The lowest BCUT2D eigenvalue weighted by Crippen LogP contribution is -2.46. The van der Waals surface area contributed by atoms with E-state index in [4.69, 9.17) is 5.73 Å². The Morgan fingerprint density at radius 1 is 1.32 bits per heavy atom. The first-order valence-electron chi connectivity index (χ1n) is 8.68. The molecule has 2 amide bonds. The van der Waals surface area contributed by atoms with Gasteiger partial charge in [-0.25, -0.2) is 13.8 Å². The average molecular weight is 431 g/mol. The van der Waals surface area contributed by atoms with Gasteiger partial charge in [0, 0.05) is 31.6 Å². The highest BCUT2D eigenvalue weighted by Crippen LogP contribution is 2.29. The molecule has 6 nitrogen and oxygen atoms in total. The van der Waals surface area contributed by atoms with Crippen molar-refractivity contribution in [3.63, 3.8) is 0 Å². The summed E-state index contributed by atoms with van der Waals surface area (Å²) in [6.07, 6.45) is 1.40. The van der Waals surface area contributed by atoms with Gasteiger partial charge in [-0.2, -0.15) is 0 Å². The van der Waals surface area contributed by atoms with E-state index >= 15 is 0 Å². The molecule has 0 bridgehead atoms. The number of piperidine rings is 1. The largest absolute Gasteiger partial charge is 0.355 e. The minimum Gasteiger partial charge on any atom is -0.355 e. The fraction of sp³-hybridized carbons (Fsp3) is 0.389. The summed E-state index contributed by atoms with van der Waals surface area (Å²) in [4.78, 5) is 30.5. The van der Waals surface area contributed by atoms with E-state index in [2.05, 4.69) is 10.3 Å². The van der Waals surface area contributed by atoms with Crippen molar-refractivity contribution in [1.29, 1.82) is 0 Å². The van der Waals surface area contributed by atoms with Gasteiger partial charge in [0.1, 0.15) is 22.3 Å². The van der Waals surface area contributed by atoms with Crippen molar-refractivity contribution in [2.45, 2.75) is 12.8 Å². The smallest absolute Gasteiger partial charge is 0.273 e. The number of amides is 2. The number of hydrogen-bond donors (Lipinski definition) is 2. The molecule has 0 aliphatic carbocycles. The monoisotopic (exact) mass is 430 g/mol. The fourth-order valence-corrected chi connectivity index (χ4v) is 3.91. The molecule has 1 aromatic heterocycles. The molecule has 1 aliphatic heterocycles. The number of aromatic nitrogens is 1. The molecule has 28 heavy (non-hydrogen) atoms. The number of hydrogen-bond acceptors (Lipinski definition) is 5. The number of nitrogens with one attached hydrogen (secondary N) is 1. The number of nitrogens with zero attached hydrogens (tertiary/aromatic N) is 2. The van der Waals surface area contributed by atoms with Crippen molar-refractivity contribution < 1.29 is 18.4 Å². The van der Waals surface area contributed by atoms with Crippen LogP contribution in [0.4, 0.5) is 8.78 Å². The van der Waals surface area contributed by atoms with Crippen molar-refractivity contribution >= 4 is 35.6 Å². The maximum atomic E-state index is 13.9. The zero-order valence-corrected chi connectivity index (χ0v) is 16.6. The number of benzene rings is 1. The Bertz CT molecular complexity index is 828. The molecular weight excluding hydrogens is 410 g/mol. The lowest BCUT2D eigenvalue weighted by Gasteiger charge is -2.31. The van der Waals surface area contributed by atoms with Crippen LogP contribution in [0.1, 0.15) is 23.3 Å². The van der Waals surface area contributed by atoms with Crippen molar-refractivity contribution in [2.75, 3.05) is 26.2 Å². The topological polar surface area (TPSA) is 88.3 Å². The lowest BCUT2D eigenvalue weighted by molar-refractivity contribution is -0.126. The number of nitrogens with two attached hydrogens (primary N) is 1. The Morgan fingerprint density at radius 3 is 2.71 bits per heavy atom. The predicted molar refractivity (Wildman–Crippen MR) is 105 cm³/mol. The number of rotatable bonds is 5. The Balaban J connectivity index is 0.00000280. The first-order valence-corrected chi connectivity index (χ1v) is 9.56. The van der Waals surface area contributed by atoms with Gasteiger partial charge in [0.15, 0.2) is 0 Å². The molecule has 1 fully saturated rings. The zero-order chi connectivity index (χ0) is 19.4. The maximum absolute atomic E-state index is 13.9. The van der Waals surface area contributed by atoms with Crippen molar-refractivity contribution in [2.24, 2.45) is 11.7 Å². The predicted octanol–water partition coefficient (Wildman–Crippen LogP) is 2.44. The number of thiazole rings is 1. The molecule has 1 aromatic carbocycles. The van der Waals surface area contributed by atoms with Crippen LogP contribution in [0.25, 0.3) is 10.6 Å². The summed E-state index contributed by atoms with van der Waals surface area (Å²) in [5.41, 5.74) is 5.28. The van der Waals surface area contributed by atoms with Gasteiger partial charge in [-0.05, 0) is 25.0 Å². The number of likely N-dealkylation sites (tertiary alicyclic amines) is 1. The summed E-state index contributed by atoms with van der Waals surface area (Å²) >= 11 is 1.01. The highest BCUT2D eigenvalue weighted by atomic mass is 35.5. The maximum Gasteiger partial charge on any atom is 0.273 e. The Hall–Kier alpha value is -2.10.